The number of nitrogens with zero attached hydrogens (tertiary/aromatic N) is 2. The van der Waals surface area contributed by atoms with E-state index in [1.165, 1.54) is 18.3 Å². The predicted octanol–water partition coefficient (Wildman–Crippen LogP) is 3.71. The van der Waals surface area contributed by atoms with E-state index in [0.29, 0.717) is 17.3 Å². The Morgan fingerprint density at radius 2 is 1.72 bits per heavy atom. The molecule has 1 aromatic heterocycles. The number of halogens is 3. The molecule has 94 valence electrons. The molecule has 0 saturated heterocycles. The van der Waals surface area contributed by atoms with Crippen LogP contribution in [0.3, 0.4) is 0 Å². The summed E-state index contributed by atoms with van der Waals surface area (Å²) in [5.41, 5.74) is 0.391. The molecule has 0 radical (unpaired) electrons. The number of anilines is 3. The Morgan fingerprint density at radius 1 is 1.11 bits per heavy atom. The lowest BCUT2D eigenvalue weighted by Gasteiger charge is -2.10. The van der Waals surface area contributed by atoms with Crippen molar-refractivity contribution in [2.75, 3.05) is 17.7 Å². The number of rotatable bonds is 3. The van der Waals surface area contributed by atoms with Crippen molar-refractivity contribution in [3.63, 3.8) is 0 Å². The number of aromatic nitrogens is 2. The summed E-state index contributed by atoms with van der Waals surface area (Å²) in [5.74, 6) is 0.553. The Hall–Kier alpha value is -1.59. The van der Waals surface area contributed by atoms with Gasteiger partial charge in [-0.15, -0.1) is 0 Å². The minimum Gasteiger partial charge on any atom is -0.372 e. The molecule has 2 rings (SSSR count). The lowest BCUT2D eigenvalue weighted by Crippen LogP contribution is -2.00. The fraction of sp³-hybridized carbons (Fsp3) is 0.0909. The highest BCUT2D eigenvalue weighted by molar-refractivity contribution is 6.39. The van der Waals surface area contributed by atoms with Gasteiger partial charge in [-0.05, 0) is 12.1 Å². The van der Waals surface area contributed by atoms with Crippen LogP contribution in [0.4, 0.5) is 21.7 Å². The third-order valence-electron chi connectivity index (χ3n) is 2.15. The second-order valence-corrected chi connectivity index (χ2v) is 4.22. The summed E-state index contributed by atoms with van der Waals surface area (Å²) in [6, 6.07) is 2.34. The lowest BCUT2D eigenvalue weighted by molar-refractivity contribution is 0.628. The van der Waals surface area contributed by atoms with E-state index in [1.54, 1.807) is 13.2 Å². The summed E-state index contributed by atoms with van der Waals surface area (Å²) in [6.45, 7) is 0. The molecule has 2 aromatic rings. The van der Waals surface area contributed by atoms with E-state index in [1.807, 2.05) is 0 Å². The molecule has 1 aromatic carbocycles. The van der Waals surface area contributed by atoms with Crippen molar-refractivity contribution in [3.05, 3.63) is 40.4 Å². The van der Waals surface area contributed by atoms with E-state index in [-0.39, 0.29) is 10.0 Å². The van der Waals surface area contributed by atoms with Gasteiger partial charge in [0.25, 0.3) is 0 Å². The second-order valence-electron chi connectivity index (χ2n) is 3.41. The highest BCUT2D eigenvalue weighted by Gasteiger charge is 2.09. The SMILES string of the molecule is CNc1cncc(Nc2c(Cl)cc(F)cc2Cl)n1. The molecule has 0 atom stereocenters. The van der Waals surface area contributed by atoms with E-state index in [9.17, 15) is 4.39 Å². The molecule has 7 heteroatoms. The summed E-state index contributed by atoms with van der Waals surface area (Å²) < 4.78 is 13.0. The number of hydrogen-bond donors (Lipinski definition) is 2. The highest BCUT2D eigenvalue weighted by atomic mass is 35.5. The molecule has 0 spiro atoms. The summed E-state index contributed by atoms with van der Waals surface area (Å²) in [5, 5.41) is 6.11. The third kappa shape index (κ3) is 2.80. The molecular formula is C11H9Cl2FN4. The van der Waals surface area contributed by atoms with E-state index in [2.05, 4.69) is 20.6 Å². The second kappa shape index (κ2) is 5.37. The van der Waals surface area contributed by atoms with Gasteiger partial charge in [0.05, 0.1) is 28.1 Å². The van der Waals surface area contributed by atoms with Crippen molar-refractivity contribution in [3.8, 4) is 0 Å². The molecule has 0 fully saturated rings. The average molecular weight is 287 g/mol. The summed E-state index contributed by atoms with van der Waals surface area (Å²) in [7, 11) is 1.73. The van der Waals surface area contributed by atoms with Crippen molar-refractivity contribution in [1.29, 1.82) is 0 Å². The first-order valence-electron chi connectivity index (χ1n) is 5.01. The van der Waals surface area contributed by atoms with Crippen LogP contribution in [-0.2, 0) is 0 Å². The average Bonchev–Trinajstić information content (AvgIpc) is 2.34. The molecule has 0 amide bonds. The van der Waals surface area contributed by atoms with Gasteiger partial charge >= 0.3 is 0 Å². The number of nitrogens with one attached hydrogen (secondary N) is 2. The molecule has 0 saturated carbocycles. The zero-order valence-corrected chi connectivity index (χ0v) is 10.8. The Balaban J connectivity index is 2.33. The Morgan fingerprint density at radius 3 is 2.33 bits per heavy atom. The Kier molecular flexibility index (Phi) is 3.84. The van der Waals surface area contributed by atoms with Crippen molar-refractivity contribution >= 4 is 40.5 Å². The van der Waals surface area contributed by atoms with E-state index in [0.717, 1.165) is 0 Å². The quantitative estimate of drug-likeness (QED) is 0.903. The fourth-order valence-corrected chi connectivity index (χ4v) is 1.89. The first kappa shape index (κ1) is 12.9. The van der Waals surface area contributed by atoms with Crippen LogP contribution >= 0.6 is 23.2 Å². The van der Waals surface area contributed by atoms with Crippen molar-refractivity contribution in [2.45, 2.75) is 0 Å². The van der Waals surface area contributed by atoms with Crippen LogP contribution in [0.15, 0.2) is 24.5 Å². The van der Waals surface area contributed by atoms with Crippen LogP contribution in [0, 0.1) is 5.82 Å². The van der Waals surface area contributed by atoms with Crippen molar-refractivity contribution in [1.82, 2.24) is 9.97 Å². The largest absolute Gasteiger partial charge is 0.372 e. The first-order chi connectivity index (χ1) is 8.60. The summed E-state index contributed by atoms with van der Waals surface area (Å²) in [6.07, 6.45) is 3.08. The van der Waals surface area contributed by atoms with E-state index in [4.69, 9.17) is 23.2 Å². The standard InChI is InChI=1S/C11H9Cl2FN4/c1-15-9-4-16-5-10(17-9)18-11-7(12)2-6(14)3-8(11)13/h2-5H,1H3,(H2,15,17,18). The highest BCUT2D eigenvalue weighted by Crippen LogP contribution is 2.33. The minimum absolute atomic E-state index is 0.177. The molecule has 1 heterocycles. The monoisotopic (exact) mass is 286 g/mol. The van der Waals surface area contributed by atoms with Crippen molar-refractivity contribution < 1.29 is 4.39 Å². The zero-order chi connectivity index (χ0) is 13.1. The normalized spacial score (nSPS) is 10.2. The van der Waals surface area contributed by atoms with Gasteiger partial charge in [0, 0.05) is 7.05 Å². The van der Waals surface area contributed by atoms with Gasteiger partial charge in [-0.3, -0.25) is 4.98 Å². The summed E-state index contributed by atoms with van der Waals surface area (Å²) in [4.78, 5) is 8.18. The minimum atomic E-state index is -0.495. The van der Waals surface area contributed by atoms with Crippen LogP contribution in [0.5, 0.6) is 0 Å². The summed E-state index contributed by atoms with van der Waals surface area (Å²) >= 11 is 11.8. The maximum atomic E-state index is 13.0. The number of hydrogen-bond acceptors (Lipinski definition) is 4. The van der Waals surface area contributed by atoms with Gasteiger partial charge in [-0.1, -0.05) is 23.2 Å². The smallest absolute Gasteiger partial charge is 0.151 e. The Labute approximate surface area is 113 Å². The topological polar surface area (TPSA) is 49.8 Å². The Bertz CT molecular complexity index is 554. The molecule has 0 aliphatic carbocycles. The van der Waals surface area contributed by atoms with Gasteiger partial charge < -0.3 is 10.6 Å². The van der Waals surface area contributed by atoms with Gasteiger partial charge in [0.15, 0.2) is 5.82 Å². The molecule has 18 heavy (non-hydrogen) atoms. The lowest BCUT2D eigenvalue weighted by atomic mass is 10.3. The van der Waals surface area contributed by atoms with Crippen molar-refractivity contribution in [2.24, 2.45) is 0 Å². The maximum Gasteiger partial charge on any atom is 0.151 e. The molecule has 0 aliphatic rings. The molecule has 0 aliphatic heterocycles. The van der Waals surface area contributed by atoms with Crippen LogP contribution in [0.1, 0.15) is 0 Å². The molecule has 2 N–H and O–H groups in total. The zero-order valence-electron chi connectivity index (χ0n) is 9.34. The van der Waals surface area contributed by atoms with Gasteiger partial charge in [-0.2, -0.15) is 0 Å². The number of benzene rings is 1. The van der Waals surface area contributed by atoms with E-state index >= 15 is 0 Å². The molecule has 0 bridgehead atoms. The van der Waals surface area contributed by atoms with Gasteiger partial charge in [0.2, 0.25) is 0 Å². The predicted molar refractivity (Wildman–Crippen MR) is 71.3 cm³/mol. The molecule has 0 unspecified atom stereocenters. The molecular weight excluding hydrogens is 278 g/mol. The first-order valence-corrected chi connectivity index (χ1v) is 5.77. The fourth-order valence-electron chi connectivity index (χ4n) is 1.34. The van der Waals surface area contributed by atoms with Gasteiger partial charge in [-0.25, -0.2) is 9.37 Å². The molecule has 4 nitrogen and oxygen atoms in total. The van der Waals surface area contributed by atoms with Crippen LogP contribution < -0.4 is 10.6 Å². The maximum absolute atomic E-state index is 13.0. The van der Waals surface area contributed by atoms with Crippen LogP contribution in [0.2, 0.25) is 10.0 Å². The van der Waals surface area contributed by atoms with E-state index < -0.39 is 5.82 Å². The van der Waals surface area contributed by atoms with Crippen LogP contribution in [0.25, 0.3) is 0 Å². The van der Waals surface area contributed by atoms with Gasteiger partial charge in [0.1, 0.15) is 11.6 Å². The third-order valence-corrected chi connectivity index (χ3v) is 2.75. The van der Waals surface area contributed by atoms with Crippen LogP contribution in [-0.4, -0.2) is 17.0 Å².